The predicted molar refractivity (Wildman–Crippen MR) is 287 cm³/mol. The molecule has 0 radical (unpaired) electrons. The number of hydrogen-bond donors (Lipinski definition) is 3. The van der Waals surface area contributed by atoms with E-state index in [-0.39, 0.29) is 24.9 Å². The van der Waals surface area contributed by atoms with Crippen molar-refractivity contribution in [2.75, 3.05) is 6.61 Å². The van der Waals surface area contributed by atoms with Crippen molar-refractivity contribution in [1.82, 2.24) is 5.32 Å². The van der Waals surface area contributed by atoms with E-state index < -0.39 is 18.2 Å². The van der Waals surface area contributed by atoms with Crippen LogP contribution >= 0.6 is 0 Å². The predicted octanol–water partition coefficient (Wildman–Crippen LogP) is 18.2. The second-order valence-electron chi connectivity index (χ2n) is 20.4. The molecular weight excluding hydrogens is 815 g/mol. The van der Waals surface area contributed by atoms with Crippen molar-refractivity contribution in [3.63, 3.8) is 0 Å². The van der Waals surface area contributed by atoms with Crippen LogP contribution in [0.15, 0.2) is 24.3 Å². The second kappa shape index (κ2) is 54.3. The first-order valence-corrected chi connectivity index (χ1v) is 29.6. The maximum atomic E-state index is 13.3. The Labute approximate surface area is 411 Å². The summed E-state index contributed by atoms with van der Waals surface area (Å²) in [4.78, 5) is 26.3. The molecule has 0 aliphatic heterocycles. The number of amides is 1. The van der Waals surface area contributed by atoms with Crippen LogP contribution in [0.25, 0.3) is 0 Å². The third-order valence-electron chi connectivity index (χ3n) is 13.8. The Hall–Kier alpha value is -1.66. The highest BCUT2D eigenvalue weighted by molar-refractivity contribution is 5.77. The molecule has 390 valence electrons. The summed E-state index contributed by atoms with van der Waals surface area (Å²) < 4.78 is 5.96. The molecule has 1 amide bonds. The lowest BCUT2D eigenvalue weighted by molar-refractivity contribution is -0.151. The standard InChI is InChI=1S/C60H115NO5/c1-4-7-10-13-16-19-22-25-27-28-29-30-32-35-38-41-44-47-50-53-60(65)66-56(51-48-45-42-39-36-33-24-21-18-15-12-9-6-3)54-59(64)61-57(55-62)58(63)52-49-46-43-40-37-34-31-26-23-20-17-14-11-8-5-2/h21,24-25,27,56-58,62-63H,4-20,22-23,26,28-55H2,1-3H3,(H,61,64)/b24-21-,27-25+. The molecule has 66 heavy (non-hydrogen) atoms. The topological polar surface area (TPSA) is 95.9 Å². The zero-order valence-electron chi connectivity index (χ0n) is 44.6. The van der Waals surface area contributed by atoms with Crippen LogP contribution in [0.5, 0.6) is 0 Å². The zero-order valence-corrected chi connectivity index (χ0v) is 44.6. The van der Waals surface area contributed by atoms with Gasteiger partial charge in [-0.1, -0.05) is 257 Å². The number of nitrogens with one attached hydrogen (secondary N) is 1. The number of unbranched alkanes of at least 4 members (excludes halogenated alkanes) is 38. The highest BCUT2D eigenvalue weighted by atomic mass is 16.5. The number of aliphatic hydroxyl groups is 2. The molecule has 6 heteroatoms. The summed E-state index contributed by atoms with van der Waals surface area (Å²) in [6, 6.07) is -0.701. The number of ether oxygens (including phenoxy) is 1. The van der Waals surface area contributed by atoms with Crippen molar-refractivity contribution in [3.8, 4) is 0 Å². The van der Waals surface area contributed by atoms with E-state index in [0.29, 0.717) is 19.3 Å². The molecule has 3 N–H and O–H groups in total. The van der Waals surface area contributed by atoms with Crippen LogP contribution in [-0.4, -0.2) is 46.9 Å². The lowest BCUT2D eigenvalue weighted by Gasteiger charge is -2.24. The molecule has 6 nitrogen and oxygen atoms in total. The maximum absolute atomic E-state index is 13.3. The Morgan fingerprint density at radius 1 is 0.424 bits per heavy atom. The summed E-state index contributed by atoms with van der Waals surface area (Å²) in [5, 5.41) is 23.9. The van der Waals surface area contributed by atoms with Gasteiger partial charge >= 0.3 is 5.97 Å². The van der Waals surface area contributed by atoms with Crippen LogP contribution in [-0.2, 0) is 14.3 Å². The Morgan fingerprint density at radius 2 is 0.727 bits per heavy atom. The third kappa shape index (κ3) is 48.8. The fraction of sp³-hybridized carbons (Fsp3) is 0.900. The number of carbonyl (C=O) groups excluding carboxylic acids is 2. The van der Waals surface area contributed by atoms with Gasteiger partial charge in [0.1, 0.15) is 6.10 Å². The molecule has 0 aromatic heterocycles. The van der Waals surface area contributed by atoms with Crippen molar-refractivity contribution in [1.29, 1.82) is 0 Å². The average molecular weight is 931 g/mol. The van der Waals surface area contributed by atoms with Crippen LogP contribution in [0.1, 0.15) is 323 Å². The van der Waals surface area contributed by atoms with Gasteiger partial charge in [0.25, 0.3) is 0 Å². The van der Waals surface area contributed by atoms with E-state index >= 15 is 0 Å². The highest BCUT2D eigenvalue weighted by Crippen LogP contribution is 2.19. The van der Waals surface area contributed by atoms with Gasteiger partial charge in [0, 0.05) is 6.42 Å². The summed E-state index contributed by atoms with van der Waals surface area (Å²) in [7, 11) is 0. The average Bonchev–Trinajstić information content (AvgIpc) is 3.31. The summed E-state index contributed by atoms with van der Waals surface area (Å²) >= 11 is 0. The fourth-order valence-corrected chi connectivity index (χ4v) is 9.25. The van der Waals surface area contributed by atoms with Crippen molar-refractivity contribution in [3.05, 3.63) is 24.3 Å². The van der Waals surface area contributed by atoms with Crippen LogP contribution in [0.3, 0.4) is 0 Å². The molecule has 0 fully saturated rings. The van der Waals surface area contributed by atoms with Gasteiger partial charge in [-0.25, -0.2) is 0 Å². The van der Waals surface area contributed by atoms with Crippen LogP contribution < -0.4 is 5.32 Å². The lowest BCUT2D eigenvalue weighted by atomic mass is 10.0. The molecule has 0 heterocycles. The first-order valence-electron chi connectivity index (χ1n) is 29.6. The number of esters is 1. The second-order valence-corrected chi connectivity index (χ2v) is 20.4. The van der Waals surface area contributed by atoms with Gasteiger partial charge in [0.2, 0.25) is 5.91 Å². The number of aliphatic hydroxyl groups excluding tert-OH is 2. The van der Waals surface area contributed by atoms with E-state index in [4.69, 9.17) is 4.74 Å². The Morgan fingerprint density at radius 3 is 1.09 bits per heavy atom. The molecule has 0 aliphatic carbocycles. The molecule has 3 unspecified atom stereocenters. The molecule has 0 aromatic rings. The molecule has 0 aliphatic rings. The summed E-state index contributed by atoms with van der Waals surface area (Å²) in [5.41, 5.74) is 0. The molecule has 0 saturated carbocycles. The minimum absolute atomic E-state index is 0.0758. The highest BCUT2D eigenvalue weighted by Gasteiger charge is 2.24. The number of hydrogen-bond acceptors (Lipinski definition) is 5. The van der Waals surface area contributed by atoms with Gasteiger partial charge in [-0.15, -0.1) is 0 Å². The van der Waals surface area contributed by atoms with E-state index in [1.165, 1.54) is 218 Å². The molecular formula is C60H115NO5. The van der Waals surface area contributed by atoms with Gasteiger partial charge in [0.05, 0.1) is 25.2 Å². The molecule has 0 aromatic carbocycles. The molecule has 3 atom stereocenters. The summed E-state index contributed by atoms with van der Waals surface area (Å²) in [6.45, 7) is 6.50. The Bertz CT molecular complexity index is 1040. The van der Waals surface area contributed by atoms with Crippen molar-refractivity contribution >= 4 is 11.9 Å². The number of allylic oxidation sites excluding steroid dienone is 4. The van der Waals surface area contributed by atoms with Crippen LogP contribution in [0.2, 0.25) is 0 Å². The van der Waals surface area contributed by atoms with Gasteiger partial charge in [-0.3, -0.25) is 9.59 Å². The zero-order chi connectivity index (χ0) is 48.1. The molecule has 0 bridgehead atoms. The lowest BCUT2D eigenvalue weighted by Crippen LogP contribution is -2.46. The van der Waals surface area contributed by atoms with Crippen LogP contribution in [0.4, 0.5) is 0 Å². The monoisotopic (exact) mass is 930 g/mol. The SMILES string of the molecule is CCCCCC/C=C\CCCCCCCC(CC(=O)NC(CO)C(O)CCCCCCCCCCCCCCCCC)OC(=O)CCCCCCCCCCC/C=C/CCCCCCCC. The van der Waals surface area contributed by atoms with E-state index in [9.17, 15) is 19.8 Å². The number of carbonyl (C=O) groups is 2. The summed E-state index contributed by atoms with van der Waals surface area (Å²) in [5.74, 6) is -0.467. The number of rotatable bonds is 54. The van der Waals surface area contributed by atoms with Gasteiger partial charge in [-0.2, -0.15) is 0 Å². The van der Waals surface area contributed by atoms with E-state index in [2.05, 4.69) is 50.4 Å². The fourth-order valence-electron chi connectivity index (χ4n) is 9.25. The van der Waals surface area contributed by atoms with Crippen molar-refractivity contribution in [2.24, 2.45) is 0 Å². The molecule has 0 spiro atoms. The van der Waals surface area contributed by atoms with E-state index in [0.717, 1.165) is 57.8 Å². The molecule has 0 rings (SSSR count). The third-order valence-corrected chi connectivity index (χ3v) is 13.8. The van der Waals surface area contributed by atoms with Crippen molar-refractivity contribution < 1.29 is 24.5 Å². The summed E-state index contributed by atoms with van der Waals surface area (Å²) in [6.07, 6.45) is 63.9. The normalized spacial score (nSPS) is 13.2. The smallest absolute Gasteiger partial charge is 0.306 e. The van der Waals surface area contributed by atoms with Crippen LogP contribution in [0, 0.1) is 0 Å². The Balaban J connectivity index is 4.48. The van der Waals surface area contributed by atoms with Crippen molar-refractivity contribution in [2.45, 2.75) is 341 Å². The quantitative estimate of drug-likeness (QED) is 0.0321. The first-order chi connectivity index (χ1) is 32.5. The largest absolute Gasteiger partial charge is 0.462 e. The Kier molecular flexibility index (Phi) is 52.9. The minimum Gasteiger partial charge on any atom is -0.462 e. The minimum atomic E-state index is -0.787. The van der Waals surface area contributed by atoms with Gasteiger partial charge < -0.3 is 20.3 Å². The van der Waals surface area contributed by atoms with Gasteiger partial charge in [0.15, 0.2) is 0 Å². The van der Waals surface area contributed by atoms with E-state index in [1.54, 1.807) is 0 Å². The molecule has 0 saturated heterocycles. The van der Waals surface area contributed by atoms with Gasteiger partial charge in [-0.05, 0) is 77.0 Å². The maximum Gasteiger partial charge on any atom is 0.306 e. The van der Waals surface area contributed by atoms with E-state index in [1.807, 2.05) is 0 Å². The first kappa shape index (κ1) is 64.3.